The number of aryl methyl sites for hydroxylation is 1. The number of halogens is 3. The van der Waals surface area contributed by atoms with Crippen LogP contribution >= 0.6 is 0 Å². The maximum Gasteiger partial charge on any atom is 0.416 e. The molecule has 0 heterocycles. The highest BCUT2D eigenvalue weighted by Gasteiger charge is 2.30. The monoisotopic (exact) mass is 527 g/mol. The summed E-state index contributed by atoms with van der Waals surface area (Å²) in [5.41, 5.74) is 2.07. The molecule has 8 heteroatoms. The van der Waals surface area contributed by atoms with E-state index in [1.807, 2.05) is 31.2 Å². The molecule has 0 aliphatic rings. The molecule has 1 atom stereocenters. The predicted octanol–water partition coefficient (Wildman–Crippen LogP) is 7.46. The third-order valence-corrected chi connectivity index (χ3v) is 6.54. The molecule has 4 aromatic carbocycles. The Hall–Kier alpha value is -3.46. The minimum atomic E-state index is -4.31. The van der Waals surface area contributed by atoms with Gasteiger partial charge in [-0.25, -0.2) is 0 Å². The first-order valence-corrected chi connectivity index (χ1v) is 13.0. The second kappa shape index (κ2) is 12.2. The quantitative estimate of drug-likeness (QED) is 0.255. The van der Waals surface area contributed by atoms with Gasteiger partial charge in [0.2, 0.25) is 0 Å². The molecule has 0 saturated carbocycles. The lowest BCUT2D eigenvalue weighted by Crippen LogP contribution is -2.18. The maximum atomic E-state index is 12.7. The zero-order valence-corrected chi connectivity index (χ0v) is 21.2. The van der Waals surface area contributed by atoms with E-state index in [1.54, 1.807) is 24.3 Å². The fourth-order valence-corrected chi connectivity index (χ4v) is 4.19. The van der Waals surface area contributed by atoms with Gasteiger partial charge in [0.15, 0.2) is 0 Å². The Morgan fingerprint density at radius 3 is 2.24 bits per heavy atom. The minimum Gasteiger partial charge on any atom is -0.307 e. The Morgan fingerprint density at radius 1 is 0.919 bits per heavy atom. The summed E-state index contributed by atoms with van der Waals surface area (Å²) in [4.78, 5) is -0.0666. The van der Waals surface area contributed by atoms with Gasteiger partial charge in [-0.2, -0.15) is 21.6 Å². The minimum absolute atomic E-state index is 0.0666. The van der Waals surface area contributed by atoms with Crippen LogP contribution in [-0.4, -0.2) is 19.5 Å². The molecule has 0 saturated heterocycles. The van der Waals surface area contributed by atoms with Crippen molar-refractivity contribution in [1.29, 1.82) is 0 Å². The SMILES string of the molecule is C[C@@H](NC/C=C/c1cccc(C(F)(F)F)c1)c1cccc2ccccc12.Cc1ccc(S(=O)(=O)O)cc1. The Bertz CT molecular complexity index is 1460. The molecule has 4 nitrogen and oxygen atoms in total. The van der Waals surface area contributed by atoms with Gasteiger partial charge in [-0.1, -0.05) is 84.4 Å². The van der Waals surface area contributed by atoms with Gasteiger partial charge in [0.25, 0.3) is 10.1 Å². The molecular weight excluding hydrogens is 499 g/mol. The molecule has 4 rings (SSSR count). The number of alkyl halides is 3. The molecule has 0 bridgehead atoms. The van der Waals surface area contributed by atoms with E-state index in [1.165, 1.54) is 34.5 Å². The highest BCUT2D eigenvalue weighted by molar-refractivity contribution is 7.85. The van der Waals surface area contributed by atoms with Crippen molar-refractivity contribution < 1.29 is 26.1 Å². The molecule has 0 unspecified atom stereocenters. The lowest BCUT2D eigenvalue weighted by molar-refractivity contribution is -0.137. The highest BCUT2D eigenvalue weighted by Crippen LogP contribution is 2.29. The average Bonchev–Trinajstić information content (AvgIpc) is 2.86. The van der Waals surface area contributed by atoms with E-state index < -0.39 is 21.9 Å². The smallest absolute Gasteiger partial charge is 0.307 e. The molecule has 0 aliphatic carbocycles. The molecule has 0 spiro atoms. The fourth-order valence-electron chi connectivity index (χ4n) is 3.71. The molecule has 0 fully saturated rings. The molecule has 0 aliphatic heterocycles. The van der Waals surface area contributed by atoms with Crippen LogP contribution in [0.3, 0.4) is 0 Å². The second-order valence-electron chi connectivity index (χ2n) is 8.51. The van der Waals surface area contributed by atoms with E-state index in [0.717, 1.165) is 17.7 Å². The van der Waals surface area contributed by atoms with Crippen molar-refractivity contribution in [1.82, 2.24) is 5.32 Å². The fraction of sp³-hybridized carbons (Fsp3) is 0.172. The zero-order valence-electron chi connectivity index (χ0n) is 20.4. The first-order valence-electron chi connectivity index (χ1n) is 11.5. The van der Waals surface area contributed by atoms with Gasteiger partial charge in [0.05, 0.1) is 10.5 Å². The third kappa shape index (κ3) is 8.28. The molecule has 194 valence electrons. The number of hydrogen-bond donors (Lipinski definition) is 2. The van der Waals surface area contributed by atoms with Crippen LogP contribution in [0.5, 0.6) is 0 Å². The number of nitrogens with one attached hydrogen (secondary N) is 1. The molecular formula is C29H28F3NO3S. The van der Waals surface area contributed by atoms with E-state index in [2.05, 4.69) is 36.5 Å². The van der Waals surface area contributed by atoms with Crippen molar-refractivity contribution in [2.45, 2.75) is 31.0 Å². The summed E-state index contributed by atoms with van der Waals surface area (Å²) in [6.45, 7) is 4.49. The van der Waals surface area contributed by atoms with Gasteiger partial charge in [0, 0.05) is 12.6 Å². The van der Waals surface area contributed by atoms with Crippen LogP contribution in [0.1, 0.15) is 35.2 Å². The Labute approximate surface area is 215 Å². The van der Waals surface area contributed by atoms with Crippen molar-refractivity contribution in [2.75, 3.05) is 6.54 Å². The molecule has 0 amide bonds. The summed E-state index contributed by atoms with van der Waals surface area (Å²) in [7, 11) is -4.02. The van der Waals surface area contributed by atoms with Gasteiger partial charge in [-0.05, 0) is 60.0 Å². The van der Waals surface area contributed by atoms with E-state index in [-0.39, 0.29) is 10.9 Å². The first kappa shape index (κ1) is 28.1. The summed E-state index contributed by atoms with van der Waals surface area (Å²) in [6, 6.07) is 25.9. The van der Waals surface area contributed by atoms with Gasteiger partial charge in [0.1, 0.15) is 0 Å². The topological polar surface area (TPSA) is 66.4 Å². The van der Waals surface area contributed by atoms with E-state index in [9.17, 15) is 21.6 Å². The first-order chi connectivity index (χ1) is 17.4. The van der Waals surface area contributed by atoms with Crippen molar-refractivity contribution >= 4 is 27.0 Å². The van der Waals surface area contributed by atoms with Crippen LogP contribution in [0.15, 0.2) is 102 Å². The molecule has 0 aromatic heterocycles. The van der Waals surface area contributed by atoms with Crippen LogP contribution in [0.4, 0.5) is 13.2 Å². The summed E-state index contributed by atoms with van der Waals surface area (Å²) >= 11 is 0. The third-order valence-electron chi connectivity index (χ3n) is 5.67. The lowest BCUT2D eigenvalue weighted by atomic mass is 10.00. The van der Waals surface area contributed by atoms with Gasteiger partial charge in [-0.3, -0.25) is 4.55 Å². The van der Waals surface area contributed by atoms with Crippen LogP contribution in [0, 0.1) is 6.92 Å². The maximum absolute atomic E-state index is 12.7. The van der Waals surface area contributed by atoms with E-state index >= 15 is 0 Å². The number of rotatable bonds is 6. The van der Waals surface area contributed by atoms with Gasteiger partial charge < -0.3 is 5.32 Å². The van der Waals surface area contributed by atoms with Crippen LogP contribution in [0.25, 0.3) is 16.8 Å². The zero-order chi connectivity index (χ0) is 27.1. The molecule has 4 aromatic rings. The van der Waals surface area contributed by atoms with Crippen LogP contribution in [0.2, 0.25) is 0 Å². The highest BCUT2D eigenvalue weighted by atomic mass is 32.2. The average molecular weight is 528 g/mol. The number of benzene rings is 4. The summed E-state index contributed by atoms with van der Waals surface area (Å²) in [5.74, 6) is 0. The van der Waals surface area contributed by atoms with Crippen LogP contribution < -0.4 is 5.32 Å². The summed E-state index contributed by atoms with van der Waals surface area (Å²) < 4.78 is 67.8. The van der Waals surface area contributed by atoms with Crippen molar-refractivity contribution in [3.8, 4) is 0 Å². The Balaban J connectivity index is 0.000000289. The normalized spacial score (nSPS) is 12.8. The number of fused-ring (bicyclic) bond motifs is 1. The van der Waals surface area contributed by atoms with E-state index in [0.29, 0.717) is 12.1 Å². The summed E-state index contributed by atoms with van der Waals surface area (Å²) in [5, 5.41) is 5.80. The summed E-state index contributed by atoms with van der Waals surface area (Å²) in [6.07, 6.45) is -0.764. The van der Waals surface area contributed by atoms with Gasteiger partial charge >= 0.3 is 6.18 Å². The second-order valence-corrected chi connectivity index (χ2v) is 9.93. The van der Waals surface area contributed by atoms with Crippen molar-refractivity contribution in [3.05, 3.63) is 119 Å². The molecule has 0 radical (unpaired) electrons. The predicted molar refractivity (Wildman–Crippen MR) is 142 cm³/mol. The molecule has 2 N–H and O–H groups in total. The van der Waals surface area contributed by atoms with Crippen molar-refractivity contribution in [2.24, 2.45) is 0 Å². The number of hydrogen-bond acceptors (Lipinski definition) is 3. The largest absolute Gasteiger partial charge is 0.416 e. The lowest BCUT2D eigenvalue weighted by Gasteiger charge is -2.15. The van der Waals surface area contributed by atoms with Crippen LogP contribution in [-0.2, 0) is 16.3 Å². The Morgan fingerprint density at radius 2 is 1.57 bits per heavy atom. The standard InChI is InChI=1S/C22H20F3N.C7H8O3S/c1-16(20-13-5-10-18-9-2-3-12-21(18)20)26-14-6-8-17-7-4-11-19(15-17)22(23,24)25;1-6-2-4-7(5-3-6)11(8,9)10/h2-13,15-16,26H,14H2,1H3;2-5H,1H3,(H,8,9,10)/b8-6+;/t16-;/m1./s1. The van der Waals surface area contributed by atoms with E-state index in [4.69, 9.17) is 4.55 Å². The van der Waals surface area contributed by atoms with Gasteiger partial charge in [-0.15, -0.1) is 0 Å². The van der Waals surface area contributed by atoms with Crippen molar-refractivity contribution in [3.63, 3.8) is 0 Å². The molecule has 37 heavy (non-hydrogen) atoms. The Kier molecular flexibility index (Phi) is 9.26.